The third-order valence-corrected chi connectivity index (χ3v) is 2.37. The number of nitrogens with zero attached hydrogens (tertiary/aromatic N) is 2. The van der Waals surface area contributed by atoms with Gasteiger partial charge in [0, 0.05) is 0 Å². The van der Waals surface area contributed by atoms with Crippen molar-refractivity contribution in [3.63, 3.8) is 0 Å². The molecule has 0 radical (unpaired) electrons. The van der Waals surface area contributed by atoms with Crippen molar-refractivity contribution in [3.05, 3.63) is 17.3 Å². The molecule has 11 heavy (non-hydrogen) atoms. The molecule has 0 bridgehead atoms. The monoisotopic (exact) mass is 165 g/mol. The number of aromatic nitrogens is 2. The molecule has 0 amide bonds. The van der Waals surface area contributed by atoms with Crippen molar-refractivity contribution in [2.75, 3.05) is 5.73 Å². The number of thiophene rings is 1. The van der Waals surface area contributed by atoms with Gasteiger partial charge in [-0.1, -0.05) is 0 Å². The highest BCUT2D eigenvalue weighted by Gasteiger charge is 2.01. The molecule has 0 spiro atoms. The number of anilines is 1. The first-order valence-corrected chi connectivity index (χ1v) is 4.12. The highest BCUT2D eigenvalue weighted by Crippen LogP contribution is 2.22. The molecule has 0 aliphatic rings. The number of hydrogen-bond donors (Lipinski definition) is 1. The molecule has 0 unspecified atom stereocenters. The maximum atomic E-state index is 5.66. The van der Waals surface area contributed by atoms with Gasteiger partial charge in [-0.3, -0.25) is 0 Å². The van der Waals surface area contributed by atoms with Gasteiger partial charge in [0.05, 0.1) is 10.2 Å². The van der Waals surface area contributed by atoms with Gasteiger partial charge in [-0.15, -0.1) is 11.3 Å². The van der Waals surface area contributed by atoms with Crippen LogP contribution in [0.1, 0.15) is 5.82 Å². The highest BCUT2D eigenvalue weighted by atomic mass is 32.1. The van der Waals surface area contributed by atoms with Gasteiger partial charge in [0.1, 0.15) is 11.6 Å². The van der Waals surface area contributed by atoms with Crippen LogP contribution in [0, 0.1) is 6.92 Å². The van der Waals surface area contributed by atoms with Gasteiger partial charge >= 0.3 is 0 Å². The van der Waals surface area contributed by atoms with Gasteiger partial charge in [0.25, 0.3) is 0 Å². The summed E-state index contributed by atoms with van der Waals surface area (Å²) in [6, 6.07) is 1.95. The summed E-state index contributed by atoms with van der Waals surface area (Å²) in [5, 5.41) is 1.97. The summed E-state index contributed by atoms with van der Waals surface area (Å²) in [6.07, 6.45) is 0. The van der Waals surface area contributed by atoms with Crippen molar-refractivity contribution < 1.29 is 0 Å². The van der Waals surface area contributed by atoms with Crippen LogP contribution in [0.3, 0.4) is 0 Å². The van der Waals surface area contributed by atoms with Crippen molar-refractivity contribution in [1.82, 2.24) is 9.97 Å². The van der Waals surface area contributed by atoms with Crippen LogP contribution in [0.25, 0.3) is 10.2 Å². The molecule has 2 heterocycles. The molecule has 2 aromatic rings. The molecule has 2 N–H and O–H groups in total. The lowest BCUT2D eigenvalue weighted by molar-refractivity contribution is 1.10. The fourth-order valence-electron chi connectivity index (χ4n) is 1.01. The first-order chi connectivity index (χ1) is 5.27. The molecule has 0 aliphatic carbocycles. The molecule has 0 fully saturated rings. The molecular weight excluding hydrogens is 158 g/mol. The standard InChI is InChI=1S/C7H7N3S/c1-4-9-5-2-3-11-6(5)7(8)10-4/h2-3H,1H3,(H2,8,9,10). The predicted molar refractivity (Wildman–Crippen MR) is 46.6 cm³/mol. The van der Waals surface area contributed by atoms with Crippen LogP contribution in [0.2, 0.25) is 0 Å². The Morgan fingerprint density at radius 1 is 1.45 bits per heavy atom. The fraction of sp³-hybridized carbons (Fsp3) is 0.143. The summed E-state index contributed by atoms with van der Waals surface area (Å²) in [6.45, 7) is 1.84. The van der Waals surface area contributed by atoms with Gasteiger partial charge in [-0.2, -0.15) is 0 Å². The molecule has 2 aromatic heterocycles. The zero-order valence-corrected chi connectivity index (χ0v) is 6.85. The van der Waals surface area contributed by atoms with E-state index in [2.05, 4.69) is 9.97 Å². The van der Waals surface area contributed by atoms with Crippen molar-refractivity contribution in [3.8, 4) is 0 Å². The zero-order chi connectivity index (χ0) is 7.84. The average molecular weight is 165 g/mol. The minimum Gasteiger partial charge on any atom is -0.382 e. The number of hydrogen-bond acceptors (Lipinski definition) is 4. The van der Waals surface area contributed by atoms with E-state index < -0.39 is 0 Å². The van der Waals surface area contributed by atoms with E-state index in [0.29, 0.717) is 5.82 Å². The Balaban J connectivity index is 2.91. The third kappa shape index (κ3) is 0.952. The van der Waals surface area contributed by atoms with E-state index in [9.17, 15) is 0 Å². The summed E-state index contributed by atoms with van der Waals surface area (Å²) in [5.74, 6) is 1.32. The normalized spacial score (nSPS) is 10.6. The van der Waals surface area contributed by atoms with Crippen molar-refractivity contribution in [2.24, 2.45) is 0 Å². The third-order valence-electron chi connectivity index (χ3n) is 1.44. The molecule has 0 saturated heterocycles. The van der Waals surface area contributed by atoms with Gasteiger partial charge < -0.3 is 5.73 Å². The smallest absolute Gasteiger partial charge is 0.145 e. The maximum absolute atomic E-state index is 5.66. The van der Waals surface area contributed by atoms with Gasteiger partial charge in [-0.25, -0.2) is 9.97 Å². The van der Waals surface area contributed by atoms with E-state index >= 15 is 0 Å². The van der Waals surface area contributed by atoms with Crippen LogP contribution in [0.5, 0.6) is 0 Å². The molecule has 2 rings (SSSR count). The summed E-state index contributed by atoms with van der Waals surface area (Å²) >= 11 is 1.57. The Morgan fingerprint density at radius 2 is 2.27 bits per heavy atom. The van der Waals surface area contributed by atoms with E-state index in [4.69, 9.17) is 5.73 Å². The minimum atomic E-state index is 0.586. The van der Waals surface area contributed by atoms with Gasteiger partial charge in [0.2, 0.25) is 0 Å². The van der Waals surface area contributed by atoms with E-state index in [1.54, 1.807) is 11.3 Å². The lowest BCUT2D eigenvalue weighted by atomic mass is 10.4. The van der Waals surface area contributed by atoms with Crippen LogP contribution in [-0.2, 0) is 0 Å². The van der Waals surface area contributed by atoms with Gasteiger partial charge in [0.15, 0.2) is 0 Å². The SMILES string of the molecule is Cc1nc(N)c2sccc2n1. The maximum Gasteiger partial charge on any atom is 0.145 e. The molecule has 56 valence electrons. The lowest BCUT2D eigenvalue weighted by Crippen LogP contribution is -1.94. The second-order valence-corrected chi connectivity index (χ2v) is 3.21. The number of rotatable bonds is 0. The highest BCUT2D eigenvalue weighted by molar-refractivity contribution is 7.17. The van der Waals surface area contributed by atoms with Crippen LogP contribution in [0.15, 0.2) is 11.4 Å². The lowest BCUT2D eigenvalue weighted by Gasteiger charge is -1.95. The Bertz CT molecular complexity index is 393. The van der Waals surface area contributed by atoms with E-state index in [1.165, 1.54) is 0 Å². The molecule has 3 nitrogen and oxygen atoms in total. The molecule has 4 heteroatoms. The second kappa shape index (κ2) is 2.17. The average Bonchev–Trinajstić information content (AvgIpc) is 2.34. The Morgan fingerprint density at radius 3 is 3.09 bits per heavy atom. The minimum absolute atomic E-state index is 0.586. The fourth-order valence-corrected chi connectivity index (χ4v) is 1.74. The second-order valence-electron chi connectivity index (χ2n) is 2.29. The summed E-state index contributed by atoms with van der Waals surface area (Å²) < 4.78 is 0.982. The zero-order valence-electron chi connectivity index (χ0n) is 6.03. The molecule has 0 atom stereocenters. The molecule has 0 saturated carbocycles. The molecular formula is C7H7N3S. The Hall–Kier alpha value is -1.16. The quantitative estimate of drug-likeness (QED) is 0.644. The van der Waals surface area contributed by atoms with E-state index in [-0.39, 0.29) is 0 Å². The number of nitrogens with two attached hydrogens (primary N) is 1. The van der Waals surface area contributed by atoms with Crippen LogP contribution in [0.4, 0.5) is 5.82 Å². The Labute approximate surface area is 67.9 Å². The van der Waals surface area contributed by atoms with Crippen molar-refractivity contribution in [2.45, 2.75) is 6.92 Å². The van der Waals surface area contributed by atoms with E-state index in [1.807, 2.05) is 18.4 Å². The van der Waals surface area contributed by atoms with Crippen LogP contribution < -0.4 is 5.73 Å². The number of aryl methyl sites for hydroxylation is 1. The molecule has 0 aromatic carbocycles. The van der Waals surface area contributed by atoms with Crippen molar-refractivity contribution in [1.29, 1.82) is 0 Å². The molecule has 0 aliphatic heterocycles. The Kier molecular flexibility index (Phi) is 1.29. The predicted octanol–water partition coefficient (Wildman–Crippen LogP) is 1.58. The number of nitrogen functional groups attached to an aromatic ring is 1. The summed E-state index contributed by atoms with van der Waals surface area (Å²) in [7, 11) is 0. The summed E-state index contributed by atoms with van der Waals surface area (Å²) in [5.41, 5.74) is 6.61. The van der Waals surface area contributed by atoms with Crippen LogP contribution in [-0.4, -0.2) is 9.97 Å². The first kappa shape index (κ1) is 6.54. The summed E-state index contributed by atoms with van der Waals surface area (Å²) in [4.78, 5) is 8.27. The van der Waals surface area contributed by atoms with E-state index in [0.717, 1.165) is 16.0 Å². The number of fused-ring (bicyclic) bond motifs is 1. The van der Waals surface area contributed by atoms with Gasteiger partial charge in [-0.05, 0) is 18.4 Å². The largest absolute Gasteiger partial charge is 0.382 e. The van der Waals surface area contributed by atoms with Crippen molar-refractivity contribution >= 4 is 27.4 Å². The van der Waals surface area contributed by atoms with Crippen LogP contribution >= 0.6 is 11.3 Å². The first-order valence-electron chi connectivity index (χ1n) is 3.24. The topological polar surface area (TPSA) is 51.8 Å².